The Balaban J connectivity index is 2.59. The summed E-state index contributed by atoms with van der Waals surface area (Å²) in [5.74, 6) is 0.278. The van der Waals surface area contributed by atoms with Gasteiger partial charge >= 0.3 is 0 Å². The molecule has 0 amide bonds. The molecule has 1 aromatic carbocycles. The van der Waals surface area contributed by atoms with Crippen LogP contribution in [0.1, 0.15) is 5.56 Å². The van der Waals surface area contributed by atoms with E-state index in [4.69, 9.17) is 0 Å². The summed E-state index contributed by atoms with van der Waals surface area (Å²) in [6.07, 6.45) is 1.63. The highest BCUT2D eigenvalue weighted by Gasteiger charge is 2.06. The third-order valence-electron chi connectivity index (χ3n) is 2.00. The molecule has 0 radical (unpaired) electrons. The van der Waals surface area contributed by atoms with Crippen LogP contribution in [0.4, 0.5) is 0 Å². The van der Waals surface area contributed by atoms with Crippen LogP contribution in [0.3, 0.4) is 0 Å². The molecule has 0 saturated carbocycles. The Morgan fingerprint density at radius 1 is 1.38 bits per heavy atom. The molecule has 0 aliphatic rings. The summed E-state index contributed by atoms with van der Waals surface area (Å²) in [5.41, 5.74) is 2.46. The van der Waals surface area contributed by atoms with E-state index in [0.29, 0.717) is 0 Å². The van der Waals surface area contributed by atoms with Crippen LogP contribution in [0.25, 0.3) is 11.3 Å². The van der Waals surface area contributed by atoms with Crippen LogP contribution in [0.15, 0.2) is 24.4 Å². The second kappa shape index (κ2) is 2.90. The van der Waals surface area contributed by atoms with Gasteiger partial charge in [0.15, 0.2) is 0 Å². The van der Waals surface area contributed by atoms with Crippen LogP contribution in [0.5, 0.6) is 5.75 Å². The Labute approximate surface area is 75.2 Å². The van der Waals surface area contributed by atoms with Crippen molar-refractivity contribution in [2.45, 2.75) is 6.92 Å². The van der Waals surface area contributed by atoms with Gasteiger partial charge in [-0.3, -0.25) is 0 Å². The van der Waals surface area contributed by atoms with Crippen molar-refractivity contribution in [3.63, 3.8) is 0 Å². The number of hydrogen-bond donors (Lipinski definition) is 2. The van der Waals surface area contributed by atoms with Crippen LogP contribution in [0, 0.1) is 6.92 Å². The number of phenolic OH excluding ortho intramolecular Hbond substituents is 1. The highest BCUT2D eigenvalue weighted by atomic mass is 16.3. The van der Waals surface area contributed by atoms with Crippen molar-refractivity contribution in [3.8, 4) is 17.0 Å². The third-order valence-corrected chi connectivity index (χ3v) is 2.00. The van der Waals surface area contributed by atoms with Gasteiger partial charge in [0.25, 0.3) is 0 Å². The first-order chi connectivity index (χ1) is 6.29. The van der Waals surface area contributed by atoms with Crippen molar-refractivity contribution in [1.29, 1.82) is 0 Å². The number of aromatic amines is 1. The van der Waals surface area contributed by atoms with Gasteiger partial charge in [-0.05, 0) is 13.0 Å². The lowest BCUT2D eigenvalue weighted by Gasteiger charge is -2.02. The molecule has 0 bridgehead atoms. The van der Waals surface area contributed by atoms with Gasteiger partial charge in [0.1, 0.15) is 11.4 Å². The average molecular weight is 175 g/mol. The Morgan fingerprint density at radius 3 is 2.92 bits per heavy atom. The lowest BCUT2D eigenvalue weighted by Crippen LogP contribution is -1.83. The standard InChI is InChI=1S/C9H9N3O/c1-6-7(3-2-4-9(6)13)8-5-10-12-11-8/h2-5,13H,1H3,(H,10,11,12). The van der Waals surface area contributed by atoms with Gasteiger partial charge in [-0.15, -0.1) is 0 Å². The molecular weight excluding hydrogens is 166 g/mol. The highest BCUT2D eigenvalue weighted by Crippen LogP contribution is 2.26. The zero-order valence-corrected chi connectivity index (χ0v) is 7.15. The minimum atomic E-state index is 0.278. The molecule has 4 heteroatoms. The molecule has 1 aromatic heterocycles. The number of nitrogens with one attached hydrogen (secondary N) is 1. The number of phenols is 1. The number of nitrogens with zero attached hydrogens (tertiary/aromatic N) is 2. The molecule has 4 nitrogen and oxygen atoms in total. The fourth-order valence-electron chi connectivity index (χ4n) is 1.23. The van der Waals surface area contributed by atoms with Gasteiger partial charge in [-0.2, -0.15) is 15.4 Å². The monoisotopic (exact) mass is 175 g/mol. The Bertz CT molecular complexity index is 409. The second-order valence-corrected chi connectivity index (χ2v) is 2.80. The number of benzene rings is 1. The van der Waals surface area contributed by atoms with E-state index >= 15 is 0 Å². The summed E-state index contributed by atoms with van der Waals surface area (Å²) in [7, 11) is 0. The number of aromatic hydroxyl groups is 1. The molecule has 0 saturated heterocycles. The fraction of sp³-hybridized carbons (Fsp3) is 0.111. The number of aromatic nitrogens is 3. The van der Waals surface area contributed by atoms with Crippen LogP contribution in [0.2, 0.25) is 0 Å². The first-order valence-electron chi connectivity index (χ1n) is 3.94. The maximum Gasteiger partial charge on any atom is 0.119 e. The lowest BCUT2D eigenvalue weighted by molar-refractivity contribution is 0.471. The predicted molar refractivity (Wildman–Crippen MR) is 48.2 cm³/mol. The van der Waals surface area contributed by atoms with Gasteiger partial charge in [-0.1, -0.05) is 12.1 Å². The maximum absolute atomic E-state index is 9.44. The Kier molecular flexibility index (Phi) is 1.73. The molecule has 0 spiro atoms. The van der Waals surface area contributed by atoms with Crippen LogP contribution < -0.4 is 0 Å². The molecule has 66 valence electrons. The first-order valence-corrected chi connectivity index (χ1v) is 3.94. The summed E-state index contributed by atoms with van der Waals surface area (Å²) in [6, 6.07) is 5.33. The smallest absolute Gasteiger partial charge is 0.119 e. The summed E-state index contributed by atoms with van der Waals surface area (Å²) in [5, 5.41) is 19.6. The minimum absolute atomic E-state index is 0.278. The van der Waals surface area contributed by atoms with Crippen molar-refractivity contribution in [3.05, 3.63) is 30.0 Å². The van der Waals surface area contributed by atoms with Crippen LogP contribution in [-0.4, -0.2) is 20.5 Å². The van der Waals surface area contributed by atoms with E-state index in [9.17, 15) is 5.11 Å². The lowest BCUT2D eigenvalue weighted by atomic mass is 10.1. The van der Waals surface area contributed by atoms with Crippen molar-refractivity contribution < 1.29 is 5.11 Å². The second-order valence-electron chi connectivity index (χ2n) is 2.80. The van der Waals surface area contributed by atoms with Gasteiger partial charge < -0.3 is 5.11 Å². The van der Waals surface area contributed by atoms with E-state index in [-0.39, 0.29) is 5.75 Å². The zero-order chi connectivity index (χ0) is 9.26. The molecule has 2 N–H and O–H groups in total. The van der Waals surface area contributed by atoms with Gasteiger partial charge in [0.2, 0.25) is 0 Å². The third kappa shape index (κ3) is 1.26. The van der Waals surface area contributed by atoms with Crippen molar-refractivity contribution >= 4 is 0 Å². The molecule has 2 aromatic rings. The van der Waals surface area contributed by atoms with E-state index in [2.05, 4.69) is 15.4 Å². The van der Waals surface area contributed by atoms with E-state index in [0.717, 1.165) is 16.8 Å². The quantitative estimate of drug-likeness (QED) is 0.690. The molecule has 0 aliphatic heterocycles. The van der Waals surface area contributed by atoms with E-state index < -0.39 is 0 Å². The fourth-order valence-corrected chi connectivity index (χ4v) is 1.23. The molecule has 0 fully saturated rings. The minimum Gasteiger partial charge on any atom is -0.508 e. The zero-order valence-electron chi connectivity index (χ0n) is 7.15. The Morgan fingerprint density at radius 2 is 2.23 bits per heavy atom. The van der Waals surface area contributed by atoms with E-state index in [1.54, 1.807) is 18.3 Å². The SMILES string of the molecule is Cc1c(O)cccc1-c1cn[nH]n1. The molecular formula is C9H9N3O. The van der Waals surface area contributed by atoms with Crippen molar-refractivity contribution in [2.24, 2.45) is 0 Å². The molecule has 0 atom stereocenters. The van der Waals surface area contributed by atoms with Gasteiger partial charge in [0.05, 0.1) is 6.20 Å². The molecule has 2 rings (SSSR count). The summed E-state index contributed by atoms with van der Waals surface area (Å²) < 4.78 is 0. The highest BCUT2D eigenvalue weighted by molar-refractivity contribution is 5.65. The Hall–Kier alpha value is -1.84. The van der Waals surface area contributed by atoms with Crippen molar-refractivity contribution in [1.82, 2.24) is 15.4 Å². The molecule has 0 unspecified atom stereocenters. The number of H-pyrrole nitrogens is 1. The van der Waals surface area contributed by atoms with Gasteiger partial charge in [-0.25, -0.2) is 0 Å². The average Bonchev–Trinajstić information content (AvgIpc) is 2.62. The molecule has 13 heavy (non-hydrogen) atoms. The summed E-state index contributed by atoms with van der Waals surface area (Å²) >= 11 is 0. The largest absolute Gasteiger partial charge is 0.508 e. The number of rotatable bonds is 1. The molecule has 1 heterocycles. The van der Waals surface area contributed by atoms with Crippen LogP contribution in [-0.2, 0) is 0 Å². The van der Waals surface area contributed by atoms with Crippen LogP contribution >= 0.6 is 0 Å². The van der Waals surface area contributed by atoms with E-state index in [1.807, 2.05) is 13.0 Å². The summed E-state index contributed by atoms with van der Waals surface area (Å²) in [6.45, 7) is 1.85. The number of hydrogen-bond acceptors (Lipinski definition) is 3. The van der Waals surface area contributed by atoms with Crippen molar-refractivity contribution in [2.75, 3.05) is 0 Å². The maximum atomic E-state index is 9.44. The summed E-state index contributed by atoms with van der Waals surface area (Å²) in [4.78, 5) is 0. The predicted octanol–water partition coefficient (Wildman–Crippen LogP) is 1.49. The topological polar surface area (TPSA) is 61.8 Å². The van der Waals surface area contributed by atoms with Gasteiger partial charge in [0, 0.05) is 11.1 Å². The molecule has 0 aliphatic carbocycles. The normalized spacial score (nSPS) is 10.2. The first kappa shape index (κ1) is 7.79. The van der Waals surface area contributed by atoms with E-state index in [1.165, 1.54) is 0 Å².